The summed E-state index contributed by atoms with van der Waals surface area (Å²) in [6, 6.07) is 7.47. The monoisotopic (exact) mass is 243 g/mol. The zero-order chi connectivity index (χ0) is 13.1. The summed E-state index contributed by atoms with van der Waals surface area (Å²) in [6.07, 6.45) is 3.54. The highest BCUT2D eigenvalue weighted by molar-refractivity contribution is 5.77. The van der Waals surface area contributed by atoms with Gasteiger partial charge in [0.05, 0.1) is 23.7 Å². The Bertz CT molecular complexity index is 552. The van der Waals surface area contributed by atoms with Crippen LogP contribution >= 0.6 is 0 Å². The van der Waals surface area contributed by atoms with Crippen LogP contribution < -0.4 is 16.2 Å². The molecule has 4 N–H and O–H groups in total. The summed E-state index contributed by atoms with van der Waals surface area (Å²) in [6.45, 7) is 3.96. The second-order valence-electron chi connectivity index (χ2n) is 4.38. The summed E-state index contributed by atoms with van der Waals surface area (Å²) in [7, 11) is 0. The fourth-order valence-electron chi connectivity index (χ4n) is 1.71. The first-order chi connectivity index (χ1) is 8.58. The highest BCUT2D eigenvalue weighted by Gasteiger charge is 2.09. The minimum absolute atomic E-state index is 0.0964. The number of hydrogen-bond donors (Lipinski definition) is 2. The molecule has 0 saturated heterocycles. The van der Waals surface area contributed by atoms with Gasteiger partial charge in [0.25, 0.3) is 0 Å². The molecule has 1 heterocycles. The highest BCUT2D eigenvalue weighted by Crippen LogP contribution is 2.32. The number of rotatable bonds is 3. The first-order valence-electron chi connectivity index (χ1n) is 5.84. The van der Waals surface area contributed by atoms with E-state index < -0.39 is 0 Å². The molecule has 0 aliphatic rings. The summed E-state index contributed by atoms with van der Waals surface area (Å²) in [5.41, 5.74) is 14.6. The number of hydrogen-bond acceptors (Lipinski definition) is 4. The zero-order valence-corrected chi connectivity index (χ0v) is 10.6. The van der Waals surface area contributed by atoms with E-state index in [9.17, 15) is 0 Å². The van der Waals surface area contributed by atoms with E-state index in [1.54, 1.807) is 18.5 Å². The molecule has 0 fully saturated rings. The molecule has 0 saturated carbocycles. The second-order valence-corrected chi connectivity index (χ2v) is 4.38. The SMILES string of the molecule is CC(C)Oc1cnccc1-c1ccc(N)c(N)c1. The van der Waals surface area contributed by atoms with E-state index in [0.717, 1.165) is 16.9 Å². The van der Waals surface area contributed by atoms with Gasteiger partial charge in [0.1, 0.15) is 5.75 Å². The molecule has 0 unspecified atom stereocenters. The van der Waals surface area contributed by atoms with Gasteiger partial charge in [0.2, 0.25) is 0 Å². The Balaban J connectivity index is 2.46. The van der Waals surface area contributed by atoms with Crippen molar-refractivity contribution in [3.8, 4) is 16.9 Å². The molecule has 1 aromatic carbocycles. The summed E-state index contributed by atoms with van der Waals surface area (Å²) in [5, 5.41) is 0. The zero-order valence-electron chi connectivity index (χ0n) is 10.6. The number of nitrogen functional groups attached to an aromatic ring is 2. The number of anilines is 2. The maximum Gasteiger partial charge on any atom is 0.145 e. The van der Waals surface area contributed by atoms with Gasteiger partial charge in [-0.25, -0.2) is 0 Å². The molecule has 4 heteroatoms. The number of pyridine rings is 1. The van der Waals surface area contributed by atoms with Crippen molar-refractivity contribution in [2.45, 2.75) is 20.0 Å². The Morgan fingerprint density at radius 1 is 1.11 bits per heavy atom. The van der Waals surface area contributed by atoms with E-state index in [1.165, 1.54) is 0 Å². The molecule has 4 nitrogen and oxygen atoms in total. The Morgan fingerprint density at radius 2 is 1.89 bits per heavy atom. The van der Waals surface area contributed by atoms with Gasteiger partial charge in [0.15, 0.2) is 0 Å². The minimum Gasteiger partial charge on any atom is -0.489 e. The van der Waals surface area contributed by atoms with E-state index in [1.807, 2.05) is 32.0 Å². The molecular weight excluding hydrogens is 226 g/mol. The number of benzene rings is 1. The molecule has 0 spiro atoms. The second kappa shape index (κ2) is 4.96. The van der Waals surface area contributed by atoms with Crippen molar-refractivity contribution in [1.29, 1.82) is 0 Å². The van der Waals surface area contributed by atoms with Crippen molar-refractivity contribution in [1.82, 2.24) is 4.98 Å². The Hall–Kier alpha value is -2.23. The molecule has 18 heavy (non-hydrogen) atoms. The molecule has 0 bridgehead atoms. The van der Waals surface area contributed by atoms with Gasteiger partial charge in [-0.1, -0.05) is 6.07 Å². The lowest BCUT2D eigenvalue weighted by molar-refractivity contribution is 0.242. The predicted molar refractivity (Wildman–Crippen MR) is 74.3 cm³/mol. The summed E-state index contributed by atoms with van der Waals surface area (Å²) >= 11 is 0. The van der Waals surface area contributed by atoms with E-state index >= 15 is 0 Å². The summed E-state index contributed by atoms with van der Waals surface area (Å²) < 4.78 is 5.74. The van der Waals surface area contributed by atoms with Crippen LogP contribution in [0.4, 0.5) is 11.4 Å². The molecule has 94 valence electrons. The van der Waals surface area contributed by atoms with Gasteiger partial charge in [-0.2, -0.15) is 0 Å². The molecule has 1 aromatic heterocycles. The lowest BCUT2D eigenvalue weighted by Gasteiger charge is -2.14. The van der Waals surface area contributed by atoms with Crippen LogP contribution in [0, 0.1) is 0 Å². The average Bonchev–Trinajstić information content (AvgIpc) is 2.33. The molecule has 0 radical (unpaired) electrons. The van der Waals surface area contributed by atoms with Gasteiger partial charge >= 0.3 is 0 Å². The largest absolute Gasteiger partial charge is 0.489 e. The van der Waals surface area contributed by atoms with E-state index in [0.29, 0.717) is 11.4 Å². The molecule has 0 aliphatic carbocycles. The van der Waals surface area contributed by atoms with E-state index in [2.05, 4.69) is 4.98 Å². The van der Waals surface area contributed by atoms with Crippen LogP contribution in [0.1, 0.15) is 13.8 Å². The molecule has 0 atom stereocenters. The third-order valence-corrected chi connectivity index (χ3v) is 2.54. The third kappa shape index (κ3) is 2.53. The average molecular weight is 243 g/mol. The lowest BCUT2D eigenvalue weighted by atomic mass is 10.0. The number of aromatic nitrogens is 1. The standard InChI is InChI=1S/C14H17N3O/c1-9(2)18-14-8-17-6-5-11(14)10-3-4-12(15)13(16)7-10/h3-9H,15-16H2,1-2H3. The van der Waals surface area contributed by atoms with Crippen LogP contribution in [0.5, 0.6) is 5.75 Å². The van der Waals surface area contributed by atoms with Crippen molar-refractivity contribution in [2.75, 3.05) is 11.5 Å². The Labute approximate surface area is 107 Å². The van der Waals surface area contributed by atoms with Crippen molar-refractivity contribution in [3.05, 3.63) is 36.7 Å². The van der Waals surface area contributed by atoms with Gasteiger partial charge in [-0.15, -0.1) is 0 Å². The third-order valence-electron chi connectivity index (χ3n) is 2.54. The molecular formula is C14H17N3O. The smallest absolute Gasteiger partial charge is 0.145 e. The summed E-state index contributed by atoms with van der Waals surface area (Å²) in [4.78, 5) is 4.08. The molecule has 0 amide bonds. The lowest BCUT2D eigenvalue weighted by Crippen LogP contribution is -2.06. The van der Waals surface area contributed by atoms with Crippen LogP contribution in [0.2, 0.25) is 0 Å². The van der Waals surface area contributed by atoms with Crippen LogP contribution in [0.3, 0.4) is 0 Å². The topological polar surface area (TPSA) is 74.2 Å². The maximum atomic E-state index is 5.83. The highest BCUT2D eigenvalue weighted by atomic mass is 16.5. The van der Waals surface area contributed by atoms with Crippen molar-refractivity contribution in [2.24, 2.45) is 0 Å². The predicted octanol–water partition coefficient (Wildman–Crippen LogP) is 2.70. The molecule has 2 aromatic rings. The number of ether oxygens (including phenoxy) is 1. The maximum absolute atomic E-state index is 5.83. The normalized spacial score (nSPS) is 10.6. The first kappa shape index (κ1) is 12.2. The fourth-order valence-corrected chi connectivity index (χ4v) is 1.71. The molecule has 0 aliphatic heterocycles. The number of nitrogens with two attached hydrogens (primary N) is 2. The first-order valence-corrected chi connectivity index (χ1v) is 5.84. The fraction of sp³-hybridized carbons (Fsp3) is 0.214. The van der Waals surface area contributed by atoms with Gasteiger partial charge in [0, 0.05) is 11.8 Å². The minimum atomic E-state index is 0.0964. The van der Waals surface area contributed by atoms with Crippen LogP contribution in [0.15, 0.2) is 36.7 Å². The quantitative estimate of drug-likeness (QED) is 0.813. The van der Waals surface area contributed by atoms with Crippen LogP contribution in [-0.4, -0.2) is 11.1 Å². The van der Waals surface area contributed by atoms with Crippen molar-refractivity contribution in [3.63, 3.8) is 0 Å². The molecule has 2 rings (SSSR count). The van der Waals surface area contributed by atoms with E-state index in [-0.39, 0.29) is 6.10 Å². The Kier molecular flexibility index (Phi) is 3.37. The summed E-state index contributed by atoms with van der Waals surface area (Å²) in [5.74, 6) is 0.747. The van der Waals surface area contributed by atoms with Gasteiger partial charge in [-0.3, -0.25) is 4.98 Å². The van der Waals surface area contributed by atoms with Crippen LogP contribution in [0.25, 0.3) is 11.1 Å². The van der Waals surface area contributed by atoms with E-state index in [4.69, 9.17) is 16.2 Å². The van der Waals surface area contributed by atoms with Gasteiger partial charge < -0.3 is 16.2 Å². The van der Waals surface area contributed by atoms with Crippen LogP contribution in [-0.2, 0) is 0 Å². The number of nitrogens with zero attached hydrogens (tertiary/aromatic N) is 1. The Morgan fingerprint density at radius 3 is 2.56 bits per heavy atom. The van der Waals surface area contributed by atoms with Crippen molar-refractivity contribution < 1.29 is 4.74 Å². The van der Waals surface area contributed by atoms with Crippen molar-refractivity contribution >= 4 is 11.4 Å². The van der Waals surface area contributed by atoms with Gasteiger partial charge in [-0.05, 0) is 37.6 Å².